The maximum atomic E-state index is 13.4. The number of nitrogens with zero attached hydrogens (tertiary/aromatic N) is 4. The summed E-state index contributed by atoms with van der Waals surface area (Å²) in [6.45, 7) is 5.18. The number of hydrogen-bond donors (Lipinski definition) is 1. The number of aryl methyl sites for hydroxylation is 3. The van der Waals surface area contributed by atoms with Gasteiger partial charge in [0.25, 0.3) is 10.0 Å². The molecule has 0 saturated heterocycles. The first kappa shape index (κ1) is 23.2. The minimum absolute atomic E-state index is 0.00400. The molecule has 0 fully saturated rings. The molecule has 0 unspecified atom stereocenters. The van der Waals surface area contributed by atoms with Crippen LogP contribution in [0, 0.1) is 13.8 Å². The highest BCUT2D eigenvalue weighted by atomic mass is 32.2. The molecule has 1 N–H and O–H groups in total. The number of hydrogen-bond acceptors (Lipinski definition) is 8. The SMILES string of the molecule is CCOC(=O)c1cnc2c(c(C)nn2C)c1NS(=O)(=O)c1ccc(Oc2ccncc2)cc1C. The third kappa shape index (κ3) is 4.42. The van der Waals surface area contributed by atoms with Crippen LogP contribution in [0.5, 0.6) is 11.5 Å². The van der Waals surface area contributed by atoms with E-state index in [4.69, 9.17) is 9.47 Å². The number of rotatable bonds is 7. The van der Waals surface area contributed by atoms with Crippen LogP contribution in [0.1, 0.15) is 28.5 Å². The quantitative estimate of drug-likeness (QED) is 0.396. The fourth-order valence-electron chi connectivity index (χ4n) is 3.60. The Labute approximate surface area is 196 Å². The summed E-state index contributed by atoms with van der Waals surface area (Å²) in [6, 6.07) is 8.03. The number of carbonyl (C=O) groups is 1. The van der Waals surface area contributed by atoms with Crippen LogP contribution < -0.4 is 9.46 Å². The summed E-state index contributed by atoms with van der Waals surface area (Å²) < 4.78 is 41.8. The van der Waals surface area contributed by atoms with E-state index in [0.29, 0.717) is 33.8 Å². The van der Waals surface area contributed by atoms with Crippen molar-refractivity contribution in [2.24, 2.45) is 7.05 Å². The first-order valence-corrected chi connectivity index (χ1v) is 11.9. The highest BCUT2D eigenvalue weighted by Gasteiger charge is 2.26. The zero-order valence-electron chi connectivity index (χ0n) is 19.1. The number of carbonyl (C=O) groups excluding carboxylic acids is 1. The number of aromatic nitrogens is 4. The molecule has 3 heterocycles. The second-order valence-electron chi connectivity index (χ2n) is 7.49. The van der Waals surface area contributed by atoms with E-state index in [2.05, 4.69) is 19.8 Å². The van der Waals surface area contributed by atoms with E-state index in [1.165, 1.54) is 16.9 Å². The zero-order chi connectivity index (χ0) is 24.5. The molecule has 4 aromatic rings. The monoisotopic (exact) mass is 481 g/mol. The molecular weight excluding hydrogens is 458 g/mol. The largest absolute Gasteiger partial charge is 0.462 e. The van der Waals surface area contributed by atoms with Gasteiger partial charge in [-0.2, -0.15) is 5.10 Å². The van der Waals surface area contributed by atoms with Gasteiger partial charge in [0.05, 0.1) is 28.3 Å². The Morgan fingerprint density at radius 2 is 1.85 bits per heavy atom. The van der Waals surface area contributed by atoms with Gasteiger partial charge in [-0.15, -0.1) is 0 Å². The summed E-state index contributed by atoms with van der Waals surface area (Å²) in [4.78, 5) is 20.8. The van der Waals surface area contributed by atoms with E-state index in [1.807, 2.05) is 0 Å². The van der Waals surface area contributed by atoms with Crippen molar-refractivity contribution in [3.05, 3.63) is 65.7 Å². The van der Waals surface area contributed by atoms with Crippen molar-refractivity contribution in [1.82, 2.24) is 19.7 Å². The molecule has 0 saturated carbocycles. The Bertz CT molecular complexity index is 1480. The van der Waals surface area contributed by atoms with E-state index >= 15 is 0 Å². The van der Waals surface area contributed by atoms with E-state index in [1.54, 1.807) is 64.5 Å². The number of benzene rings is 1. The lowest BCUT2D eigenvalue weighted by Gasteiger charge is -2.15. The van der Waals surface area contributed by atoms with Crippen LogP contribution in [0.4, 0.5) is 5.69 Å². The Kier molecular flexibility index (Phi) is 6.20. The normalized spacial score (nSPS) is 11.4. The van der Waals surface area contributed by atoms with Crippen LogP contribution in [0.15, 0.2) is 53.8 Å². The van der Waals surface area contributed by atoms with Gasteiger partial charge in [0.2, 0.25) is 0 Å². The van der Waals surface area contributed by atoms with Crippen molar-refractivity contribution in [1.29, 1.82) is 0 Å². The predicted octanol–water partition coefficient (Wildman–Crippen LogP) is 3.75. The molecule has 4 rings (SSSR count). The molecule has 0 aliphatic carbocycles. The van der Waals surface area contributed by atoms with Crippen molar-refractivity contribution in [3.63, 3.8) is 0 Å². The molecule has 0 aliphatic rings. The van der Waals surface area contributed by atoms with Crippen molar-refractivity contribution >= 4 is 32.7 Å². The molecule has 10 nitrogen and oxygen atoms in total. The number of esters is 1. The van der Waals surface area contributed by atoms with E-state index < -0.39 is 16.0 Å². The standard InChI is InChI=1S/C23H23N5O5S/c1-5-32-23(29)18-13-25-22-20(15(3)26-28(22)4)21(18)27-34(30,31)19-7-6-17(12-14(19)2)33-16-8-10-24-11-9-16/h6-13H,5H2,1-4H3,(H,25,27). The summed E-state index contributed by atoms with van der Waals surface area (Å²) in [7, 11) is -2.40. The Morgan fingerprint density at radius 3 is 2.53 bits per heavy atom. The summed E-state index contributed by atoms with van der Waals surface area (Å²) in [5.74, 6) is 0.369. The van der Waals surface area contributed by atoms with Crippen LogP contribution >= 0.6 is 0 Å². The second kappa shape index (κ2) is 9.10. The maximum Gasteiger partial charge on any atom is 0.341 e. The molecule has 0 atom stereocenters. The van der Waals surface area contributed by atoms with Gasteiger partial charge >= 0.3 is 5.97 Å². The third-order valence-electron chi connectivity index (χ3n) is 5.08. The molecule has 1 aromatic carbocycles. The van der Waals surface area contributed by atoms with Crippen molar-refractivity contribution in [2.75, 3.05) is 11.3 Å². The number of ether oxygens (including phenoxy) is 2. The van der Waals surface area contributed by atoms with Gasteiger partial charge in [0, 0.05) is 25.6 Å². The highest BCUT2D eigenvalue weighted by Crippen LogP contribution is 2.32. The smallest absolute Gasteiger partial charge is 0.341 e. The lowest BCUT2D eigenvalue weighted by molar-refractivity contribution is 0.0527. The van der Waals surface area contributed by atoms with Gasteiger partial charge in [-0.3, -0.25) is 14.4 Å². The summed E-state index contributed by atoms with van der Waals surface area (Å²) in [6.07, 6.45) is 4.49. The Balaban J connectivity index is 1.75. The Hall–Kier alpha value is -3.99. The molecular formula is C23H23N5O5S. The molecule has 11 heteroatoms. The van der Waals surface area contributed by atoms with Gasteiger partial charge in [-0.25, -0.2) is 18.2 Å². The first-order valence-electron chi connectivity index (χ1n) is 10.4. The molecule has 0 radical (unpaired) electrons. The van der Waals surface area contributed by atoms with Crippen molar-refractivity contribution < 1.29 is 22.7 Å². The minimum Gasteiger partial charge on any atom is -0.462 e. The number of pyridine rings is 2. The number of nitrogens with one attached hydrogen (secondary N) is 1. The van der Waals surface area contributed by atoms with Gasteiger partial charge in [-0.1, -0.05) is 0 Å². The third-order valence-corrected chi connectivity index (χ3v) is 6.59. The van der Waals surface area contributed by atoms with Gasteiger partial charge < -0.3 is 9.47 Å². The van der Waals surface area contributed by atoms with Crippen LogP contribution in [0.3, 0.4) is 0 Å². The zero-order valence-corrected chi connectivity index (χ0v) is 19.9. The van der Waals surface area contributed by atoms with Crippen LogP contribution in [-0.4, -0.2) is 40.7 Å². The molecule has 0 aliphatic heterocycles. The lowest BCUT2D eigenvalue weighted by atomic mass is 10.1. The van der Waals surface area contributed by atoms with Crippen LogP contribution in [0.2, 0.25) is 0 Å². The van der Waals surface area contributed by atoms with Crippen molar-refractivity contribution in [3.8, 4) is 11.5 Å². The predicted molar refractivity (Wildman–Crippen MR) is 126 cm³/mol. The minimum atomic E-state index is -4.09. The first-order chi connectivity index (χ1) is 16.2. The van der Waals surface area contributed by atoms with E-state index in [9.17, 15) is 13.2 Å². The number of sulfonamides is 1. The van der Waals surface area contributed by atoms with Gasteiger partial charge in [-0.05, 0) is 56.7 Å². The average molecular weight is 482 g/mol. The fraction of sp³-hybridized carbons (Fsp3) is 0.217. The van der Waals surface area contributed by atoms with E-state index in [0.717, 1.165) is 0 Å². The van der Waals surface area contributed by atoms with Crippen molar-refractivity contribution in [2.45, 2.75) is 25.7 Å². The fourth-order valence-corrected chi connectivity index (χ4v) is 4.92. The van der Waals surface area contributed by atoms with Gasteiger partial charge in [0.1, 0.15) is 17.1 Å². The summed E-state index contributed by atoms with van der Waals surface area (Å²) >= 11 is 0. The number of fused-ring (bicyclic) bond motifs is 1. The summed E-state index contributed by atoms with van der Waals surface area (Å²) in [5.41, 5.74) is 1.49. The molecule has 0 bridgehead atoms. The topological polar surface area (TPSA) is 125 Å². The average Bonchev–Trinajstić information content (AvgIpc) is 3.08. The second-order valence-corrected chi connectivity index (χ2v) is 9.14. The molecule has 3 aromatic heterocycles. The number of anilines is 1. The van der Waals surface area contributed by atoms with Crippen LogP contribution in [0.25, 0.3) is 11.0 Å². The van der Waals surface area contributed by atoms with Crippen LogP contribution in [-0.2, 0) is 21.8 Å². The highest BCUT2D eigenvalue weighted by molar-refractivity contribution is 7.92. The molecule has 34 heavy (non-hydrogen) atoms. The van der Waals surface area contributed by atoms with E-state index in [-0.39, 0.29) is 22.8 Å². The Morgan fingerprint density at radius 1 is 1.12 bits per heavy atom. The maximum absolute atomic E-state index is 13.4. The molecule has 0 spiro atoms. The molecule has 0 amide bonds. The summed E-state index contributed by atoms with van der Waals surface area (Å²) in [5, 5.41) is 4.74. The molecule has 176 valence electrons. The van der Waals surface area contributed by atoms with Gasteiger partial charge in [0.15, 0.2) is 5.65 Å². The lowest BCUT2D eigenvalue weighted by Crippen LogP contribution is -2.18.